The fourth-order valence-corrected chi connectivity index (χ4v) is 1.56. The van der Waals surface area contributed by atoms with Gasteiger partial charge in [-0.05, 0) is 6.07 Å². The molecule has 1 aromatic heterocycles. The Balaban J connectivity index is 2.06. The first-order chi connectivity index (χ1) is 9.50. The number of hydrogen-bond acceptors (Lipinski definition) is 2. The van der Waals surface area contributed by atoms with Gasteiger partial charge in [0.25, 0.3) is 5.91 Å². The van der Waals surface area contributed by atoms with E-state index < -0.39 is 34.7 Å². The number of nitrogens with zero attached hydrogens (tertiary/aromatic N) is 1. The second kappa shape index (κ2) is 5.72. The zero-order valence-electron chi connectivity index (χ0n) is 10.0. The molecule has 2 rings (SSSR count). The summed E-state index contributed by atoms with van der Waals surface area (Å²) in [6.07, 6.45) is 3.43. The van der Waals surface area contributed by atoms with Gasteiger partial charge in [-0.15, -0.1) is 0 Å². The molecule has 0 bridgehead atoms. The molecule has 106 valence electrons. The predicted molar refractivity (Wildman–Crippen MR) is 60.9 cm³/mol. The largest absolute Gasteiger partial charge is 0.351 e. The number of carbonyl (C=O) groups is 1. The third-order valence-corrected chi connectivity index (χ3v) is 2.55. The highest BCUT2D eigenvalue weighted by atomic mass is 19.2. The zero-order valence-corrected chi connectivity index (χ0v) is 10.0. The Kier molecular flexibility index (Phi) is 4.02. The molecule has 0 aliphatic rings. The van der Waals surface area contributed by atoms with E-state index in [1.54, 1.807) is 6.20 Å². The Morgan fingerprint density at radius 1 is 1.20 bits per heavy atom. The van der Waals surface area contributed by atoms with Gasteiger partial charge in [-0.25, -0.2) is 22.5 Å². The first kappa shape index (κ1) is 14.0. The van der Waals surface area contributed by atoms with Crippen LogP contribution in [0, 0.1) is 23.3 Å². The predicted octanol–water partition coefficient (Wildman–Crippen LogP) is 1.94. The van der Waals surface area contributed by atoms with Crippen molar-refractivity contribution in [1.29, 1.82) is 0 Å². The summed E-state index contributed by atoms with van der Waals surface area (Å²) < 4.78 is 52.0. The normalized spacial score (nSPS) is 10.6. The highest BCUT2D eigenvalue weighted by Gasteiger charge is 2.22. The van der Waals surface area contributed by atoms with Crippen LogP contribution in [0.15, 0.2) is 18.5 Å². The minimum atomic E-state index is -2.01. The Morgan fingerprint density at radius 2 is 1.95 bits per heavy atom. The molecule has 2 N–H and O–H groups in total. The summed E-state index contributed by atoms with van der Waals surface area (Å²) >= 11 is 0. The van der Waals surface area contributed by atoms with E-state index in [-0.39, 0.29) is 6.54 Å². The van der Waals surface area contributed by atoms with Gasteiger partial charge < -0.3 is 10.3 Å². The lowest BCUT2D eigenvalue weighted by Gasteiger charge is -2.07. The van der Waals surface area contributed by atoms with E-state index in [0.29, 0.717) is 18.3 Å². The first-order valence-corrected chi connectivity index (χ1v) is 5.60. The van der Waals surface area contributed by atoms with Gasteiger partial charge in [0, 0.05) is 25.4 Å². The maximum absolute atomic E-state index is 13.3. The van der Waals surface area contributed by atoms with E-state index in [9.17, 15) is 22.4 Å². The quantitative estimate of drug-likeness (QED) is 0.513. The van der Waals surface area contributed by atoms with E-state index in [2.05, 4.69) is 15.3 Å². The number of aromatic nitrogens is 2. The zero-order chi connectivity index (χ0) is 14.7. The molecule has 0 fully saturated rings. The van der Waals surface area contributed by atoms with Gasteiger partial charge in [0.1, 0.15) is 5.82 Å². The summed E-state index contributed by atoms with van der Waals surface area (Å²) in [5.41, 5.74) is -0.888. The van der Waals surface area contributed by atoms with Crippen LogP contribution in [0.1, 0.15) is 16.2 Å². The van der Waals surface area contributed by atoms with E-state index >= 15 is 0 Å². The van der Waals surface area contributed by atoms with Crippen molar-refractivity contribution >= 4 is 5.91 Å². The topological polar surface area (TPSA) is 57.8 Å². The van der Waals surface area contributed by atoms with Crippen LogP contribution >= 0.6 is 0 Å². The van der Waals surface area contributed by atoms with Crippen molar-refractivity contribution in [3.8, 4) is 0 Å². The second-order valence-electron chi connectivity index (χ2n) is 3.89. The van der Waals surface area contributed by atoms with Crippen molar-refractivity contribution in [3.05, 3.63) is 53.1 Å². The van der Waals surface area contributed by atoms with Crippen molar-refractivity contribution in [2.24, 2.45) is 0 Å². The molecule has 8 heteroatoms. The highest BCUT2D eigenvalue weighted by Crippen LogP contribution is 2.18. The lowest BCUT2D eigenvalue weighted by Crippen LogP contribution is -2.27. The van der Waals surface area contributed by atoms with Gasteiger partial charge in [0.05, 0.1) is 5.56 Å². The van der Waals surface area contributed by atoms with Gasteiger partial charge in [0.2, 0.25) is 0 Å². The number of H-pyrrole nitrogens is 1. The summed E-state index contributed by atoms with van der Waals surface area (Å²) in [5, 5.41) is 2.26. The van der Waals surface area contributed by atoms with Crippen LogP contribution in [0.2, 0.25) is 0 Å². The summed E-state index contributed by atoms with van der Waals surface area (Å²) in [4.78, 5) is 18.2. The number of carbonyl (C=O) groups excluding carboxylic acids is 1. The van der Waals surface area contributed by atoms with E-state index in [1.807, 2.05) is 0 Å². The molecule has 20 heavy (non-hydrogen) atoms. The summed E-state index contributed by atoms with van der Waals surface area (Å²) in [6.45, 7) is 0.0758. The summed E-state index contributed by atoms with van der Waals surface area (Å²) in [5.74, 6) is -7.76. The molecule has 0 saturated heterocycles. The number of rotatable bonds is 4. The molecule has 0 unspecified atom stereocenters. The van der Waals surface area contributed by atoms with Crippen LogP contribution < -0.4 is 5.32 Å². The summed E-state index contributed by atoms with van der Waals surface area (Å²) in [6, 6.07) is 0.315. The number of halogens is 4. The average Bonchev–Trinajstić information content (AvgIpc) is 2.93. The first-order valence-electron chi connectivity index (χ1n) is 5.60. The van der Waals surface area contributed by atoms with Gasteiger partial charge in [-0.1, -0.05) is 0 Å². The van der Waals surface area contributed by atoms with Crippen LogP contribution in [0.25, 0.3) is 0 Å². The molecule has 0 spiro atoms. The number of aromatic amines is 1. The molecule has 0 atom stereocenters. The monoisotopic (exact) mass is 287 g/mol. The van der Waals surface area contributed by atoms with Crippen LogP contribution in [0.4, 0.5) is 17.6 Å². The number of benzene rings is 1. The minimum Gasteiger partial charge on any atom is -0.351 e. The molecule has 2 aromatic rings. The van der Waals surface area contributed by atoms with E-state index in [1.165, 1.54) is 6.20 Å². The number of imidazole rings is 1. The van der Waals surface area contributed by atoms with Crippen molar-refractivity contribution in [3.63, 3.8) is 0 Å². The number of nitrogens with one attached hydrogen (secondary N) is 2. The third-order valence-electron chi connectivity index (χ3n) is 2.55. The highest BCUT2D eigenvalue weighted by molar-refractivity contribution is 5.94. The van der Waals surface area contributed by atoms with Crippen molar-refractivity contribution in [2.45, 2.75) is 6.42 Å². The van der Waals surface area contributed by atoms with Crippen molar-refractivity contribution < 1.29 is 22.4 Å². The molecule has 0 radical (unpaired) electrons. The fraction of sp³-hybridized carbons (Fsp3) is 0.167. The third kappa shape index (κ3) is 2.79. The minimum absolute atomic E-state index is 0.0758. The molecule has 1 amide bonds. The van der Waals surface area contributed by atoms with Gasteiger partial charge in [-0.2, -0.15) is 0 Å². The van der Waals surface area contributed by atoms with Gasteiger partial charge >= 0.3 is 0 Å². The lowest BCUT2D eigenvalue weighted by molar-refractivity contribution is 0.0948. The lowest BCUT2D eigenvalue weighted by atomic mass is 10.1. The van der Waals surface area contributed by atoms with Crippen LogP contribution in [-0.2, 0) is 6.42 Å². The van der Waals surface area contributed by atoms with Gasteiger partial charge in [0.15, 0.2) is 23.3 Å². The number of amides is 1. The molecule has 1 aromatic carbocycles. The molecule has 0 aliphatic carbocycles. The number of hydrogen-bond donors (Lipinski definition) is 2. The smallest absolute Gasteiger partial charge is 0.254 e. The summed E-state index contributed by atoms with van der Waals surface area (Å²) in [7, 11) is 0. The SMILES string of the molecule is O=C(NCCc1ncc[nH]1)c1cc(F)c(F)c(F)c1F. The van der Waals surface area contributed by atoms with Crippen LogP contribution in [0.5, 0.6) is 0 Å². The average molecular weight is 287 g/mol. The maximum atomic E-state index is 13.3. The van der Waals surface area contributed by atoms with Crippen LogP contribution in [-0.4, -0.2) is 22.4 Å². The maximum Gasteiger partial charge on any atom is 0.254 e. The molecule has 0 saturated carbocycles. The van der Waals surface area contributed by atoms with E-state index in [0.717, 1.165) is 0 Å². The van der Waals surface area contributed by atoms with E-state index in [4.69, 9.17) is 0 Å². The molecule has 0 aliphatic heterocycles. The molecular weight excluding hydrogens is 278 g/mol. The molecule has 4 nitrogen and oxygen atoms in total. The van der Waals surface area contributed by atoms with Crippen molar-refractivity contribution in [1.82, 2.24) is 15.3 Å². The van der Waals surface area contributed by atoms with Crippen molar-refractivity contribution in [2.75, 3.05) is 6.54 Å². The standard InChI is InChI=1S/C12H9F4N3O/c13-7-5-6(9(14)11(16)10(7)15)12(20)19-2-1-8-17-3-4-18-8/h3-5H,1-2H2,(H,17,18)(H,19,20). The Hall–Kier alpha value is -2.38. The Bertz CT molecular complexity index is 628. The fourth-order valence-electron chi connectivity index (χ4n) is 1.56. The Labute approximate surface area is 110 Å². The molecule has 1 heterocycles. The molecular formula is C12H9F4N3O. The van der Waals surface area contributed by atoms with Gasteiger partial charge in [-0.3, -0.25) is 4.79 Å². The Morgan fingerprint density at radius 3 is 2.60 bits per heavy atom. The second-order valence-corrected chi connectivity index (χ2v) is 3.89. The van der Waals surface area contributed by atoms with Crippen LogP contribution in [0.3, 0.4) is 0 Å².